The van der Waals surface area contributed by atoms with E-state index in [4.69, 9.17) is 4.74 Å². The van der Waals surface area contributed by atoms with Crippen LogP contribution in [0.3, 0.4) is 0 Å². The lowest BCUT2D eigenvalue weighted by atomic mass is 10.3. The molecule has 0 unspecified atom stereocenters. The monoisotopic (exact) mass is 268 g/mol. The Hall–Kier alpha value is -1.40. The summed E-state index contributed by atoms with van der Waals surface area (Å²) in [6.07, 6.45) is 3.68. The number of anilines is 1. The summed E-state index contributed by atoms with van der Waals surface area (Å²) >= 11 is 0. The van der Waals surface area contributed by atoms with Crippen molar-refractivity contribution < 1.29 is 4.74 Å². The van der Waals surface area contributed by atoms with E-state index in [1.807, 2.05) is 19.0 Å². The predicted molar refractivity (Wildman–Crippen MR) is 76.8 cm³/mol. The second-order valence-electron chi connectivity index (χ2n) is 4.62. The number of hydrogen-bond donors (Lipinski definition) is 1. The van der Waals surface area contributed by atoms with Crippen LogP contribution in [0.2, 0.25) is 0 Å². The molecule has 0 atom stereocenters. The summed E-state index contributed by atoms with van der Waals surface area (Å²) in [6, 6.07) is 1.61. The molecule has 0 aliphatic heterocycles. The van der Waals surface area contributed by atoms with Crippen LogP contribution in [0.1, 0.15) is 12.8 Å². The van der Waals surface area contributed by atoms with Gasteiger partial charge in [0.2, 0.25) is 0 Å². The highest BCUT2D eigenvalue weighted by atomic mass is 16.5. The van der Waals surface area contributed by atoms with E-state index in [9.17, 15) is 4.79 Å². The van der Waals surface area contributed by atoms with E-state index in [-0.39, 0.29) is 5.56 Å². The smallest absolute Gasteiger partial charge is 0.268 e. The Balaban J connectivity index is 2.28. The van der Waals surface area contributed by atoms with Crippen molar-refractivity contribution in [2.45, 2.75) is 19.4 Å². The Morgan fingerprint density at radius 1 is 1.37 bits per heavy atom. The second kappa shape index (κ2) is 8.66. The van der Waals surface area contributed by atoms with Gasteiger partial charge >= 0.3 is 0 Å². The molecule has 0 spiro atoms. The number of aryl methyl sites for hydroxylation is 1. The number of aromatic nitrogens is 2. The summed E-state index contributed by atoms with van der Waals surface area (Å²) in [5, 5.41) is 7.44. The van der Waals surface area contributed by atoms with Gasteiger partial charge in [0.05, 0.1) is 18.5 Å². The van der Waals surface area contributed by atoms with Gasteiger partial charge < -0.3 is 15.0 Å². The van der Waals surface area contributed by atoms with Gasteiger partial charge in [-0.2, -0.15) is 5.10 Å². The quantitative estimate of drug-likeness (QED) is 0.654. The number of methoxy groups -OCH3 is 1. The molecule has 0 fully saturated rings. The normalized spacial score (nSPS) is 10.7. The zero-order valence-corrected chi connectivity index (χ0v) is 12.1. The number of rotatable bonds is 9. The van der Waals surface area contributed by atoms with Crippen molar-refractivity contribution in [2.75, 3.05) is 45.8 Å². The number of ether oxygens (including phenoxy) is 1. The number of nitrogens with one attached hydrogen (secondary N) is 1. The van der Waals surface area contributed by atoms with Crippen molar-refractivity contribution in [3.63, 3.8) is 0 Å². The lowest BCUT2D eigenvalue weighted by Crippen LogP contribution is -2.25. The lowest BCUT2D eigenvalue weighted by Gasteiger charge is -2.12. The van der Waals surface area contributed by atoms with Gasteiger partial charge in [-0.05, 0) is 19.4 Å². The maximum atomic E-state index is 11.8. The van der Waals surface area contributed by atoms with Gasteiger partial charge in [-0.3, -0.25) is 4.79 Å². The van der Waals surface area contributed by atoms with Crippen LogP contribution in [0.5, 0.6) is 0 Å². The Bertz CT molecular complexity index is 417. The molecule has 1 heterocycles. The van der Waals surface area contributed by atoms with Crippen molar-refractivity contribution in [1.82, 2.24) is 15.1 Å². The molecule has 6 nitrogen and oxygen atoms in total. The van der Waals surface area contributed by atoms with Gasteiger partial charge in [0.15, 0.2) is 0 Å². The summed E-state index contributed by atoms with van der Waals surface area (Å²) in [5.74, 6) is 0. The van der Waals surface area contributed by atoms with Gasteiger partial charge in [-0.15, -0.1) is 0 Å². The highest BCUT2D eigenvalue weighted by molar-refractivity contribution is 5.40. The highest BCUT2D eigenvalue weighted by Crippen LogP contribution is 2.03. The summed E-state index contributed by atoms with van der Waals surface area (Å²) < 4.78 is 6.46. The number of unbranched alkanes of at least 4 members (excludes halogenated alkanes) is 1. The van der Waals surface area contributed by atoms with Crippen molar-refractivity contribution in [3.05, 3.63) is 22.6 Å². The molecule has 0 amide bonds. The highest BCUT2D eigenvalue weighted by Gasteiger charge is 2.01. The molecule has 0 aromatic carbocycles. The fourth-order valence-corrected chi connectivity index (χ4v) is 1.65. The van der Waals surface area contributed by atoms with Crippen molar-refractivity contribution >= 4 is 5.69 Å². The first-order chi connectivity index (χ1) is 9.15. The maximum absolute atomic E-state index is 11.8. The van der Waals surface area contributed by atoms with Gasteiger partial charge in [-0.25, -0.2) is 4.68 Å². The van der Waals surface area contributed by atoms with E-state index in [1.165, 1.54) is 4.68 Å². The van der Waals surface area contributed by atoms with Crippen LogP contribution in [-0.2, 0) is 11.3 Å². The van der Waals surface area contributed by atoms with Crippen LogP contribution in [0.15, 0.2) is 17.1 Å². The molecule has 0 aliphatic rings. The SMILES string of the molecule is COCCNCCCCn1ncc(N(C)C)cc1=O. The fraction of sp³-hybridized carbons (Fsp3) is 0.692. The summed E-state index contributed by atoms with van der Waals surface area (Å²) in [5.41, 5.74) is 0.793. The second-order valence-corrected chi connectivity index (χ2v) is 4.62. The third-order valence-electron chi connectivity index (χ3n) is 2.83. The van der Waals surface area contributed by atoms with Crippen molar-refractivity contribution in [2.24, 2.45) is 0 Å². The Kier molecular flexibility index (Phi) is 7.14. The largest absolute Gasteiger partial charge is 0.383 e. The fourth-order valence-electron chi connectivity index (χ4n) is 1.65. The van der Waals surface area contributed by atoms with E-state index in [0.29, 0.717) is 6.54 Å². The molecule has 19 heavy (non-hydrogen) atoms. The summed E-state index contributed by atoms with van der Waals surface area (Å²) in [6.45, 7) is 3.20. The molecule has 0 aliphatic carbocycles. The molecular weight excluding hydrogens is 244 g/mol. The van der Waals surface area contributed by atoms with Gasteiger partial charge in [0.25, 0.3) is 5.56 Å². The maximum Gasteiger partial charge on any atom is 0.268 e. The van der Waals surface area contributed by atoms with Crippen LogP contribution < -0.4 is 15.8 Å². The average Bonchev–Trinajstić information content (AvgIpc) is 2.39. The summed E-state index contributed by atoms with van der Waals surface area (Å²) in [4.78, 5) is 13.7. The molecule has 108 valence electrons. The van der Waals surface area contributed by atoms with Gasteiger partial charge in [0, 0.05) is 40.4 Å². The molecule has 0 saturated carbocycles. The van der Waals surface area contributed by atoms with E-state index >= 15 is 0 Å². The molecule has 0 bridgehead atoms. The van der Waals surface area contributed by atoms with E-state index < -0.39 is 0 Å². The van der Waals surface area contributed by atoms with Gasteiger partial charge in [-0.1, -0.05) is 0 Å². The molecule has 1 rings (SSSR count). The third-order valence-corrected chi connectivity index (χ3v) is 2.83. The first-order valence-electron chi connectivity index (χ1n) is 6.59. The third kappa shape index (κ3) is 5.85. The Morgan fingerprint density at radius 2 is 2.16 bits per heavy atom. The van der Waals surface area contributed by atoms with Gasteiger partial charge in [0.1, 0.15) is 0 Å². The molecule has 0 radical (unpaired) electrons. The zero-order chi connectivity index (χ0) is 14.1. The molecule has 0 saturated heterocycles. The zero-order valence-electron chi connectivity index (χ0n) is 12.1. The molecule has 1 N–H and O–H groups in total. The average molecular weight is 268 g/mol. The van der Waals surface area contributed by atoms with E-state index in [0.717, 1.165) is 38.2 Å². The Morgan fingerprint density at radius 3 is 2.79 bits per heavy atom. The number of nitrogens with zero attached hydrogens (tertiary/aromatic N) is 3. The first kappa shape index (κ1) is 15.7. The van der Waals surface area contributed by atoms with Crippen LogP contribution >= 0.6 is 0 Å². The van der Waals surface area contributed by atoms with Crippen LogP contribution in [0, 0.1) is 0 Å². The van der Waals surface area contributed by atoms with Crippen LogP contribution in [0.25, 0.3) is 0 Å². The van der Waals surface area contributed by atoms with Crippen molar-refractivity contribution in [1.29, 1.82) is 0 Å². The van der Waals surface area contributed by atoms with E-state index in [1.54, 1.807) is 19.4 Å². The lowest BCUT2D eigenvalue weighted by molar-refractivity contribution is 0.199. The minimum atomic E-state index is -0.0430. The molecule has 1 aromatic rings. The van der Waals surface area contributed by atoms with Crippen LogP contribution in [-0.4, -0.2) is 50.7 Å². The first-order valence-corrected chi connectivity index (χ1v) is 6.59. The number of hydrogen-bond acceptors (Lipinski definition) is 5. The van der Waals surface area contributed by atoms with Crippen molar-refractivity contribution in [3.8, 4) is 0 Å². The molecule has 1 aromatic heterocycles. The minimum Gasteiger partial charge on any atom is -0.383 e. The predicted octanol–water partition coefficient (Wildman–Crippen LogP) is 0.326. The van der Waals surface area contributed by atoms with Crippen LogP contribution in [0.4, 0.5) is 5.69 Å². The Labute approximate surface area is 114 Å². The topological polar surface area (TPSA) is 59.4 Å². The standard InChI is InChI=1S/C13H24N4O2/c1-16(2)12-10-13(18)17(15-11-12)8-5-4-6-14-7-9-19-3/h10-11,14H,4-9H2,1-3H3. The minimum absolute atomic E-state index is 0.0430. The molecule has 6 heteroatoms. The van der Waals surface area contributed by atoms with E-state index in [2.05, 4.69) is 10.4 Å². The summed E-state index contributed by atoms with van der Waals surface area (Å²) in [7, 11) is 5.48. The molecular formula is C13H24N4O2.